The first-order chi connectivity index (χ1) is 15.9. The van der Waals surface area contributed by atoms with Crippen LogP contribution in [0.25, 0.3) is 21.8 Å². The zero-order valence-electron chi connectivity index (χ0n) is 20.0. The quantitative estimate of drug-likeness (QED) is 0.433. The Labute approximate surface area is 195 Å². The minimum absolute atomic E-state index is 0.109. The lowest BCUT2D eigenvalue weighted by molar-refractivity contribution is 0.0734. The third kappa shape index (κ3) is 3.91. The van der Waals surface area contributed by atoms with Gasteiger partial charge in [0.25, 0.3) is 5.91 Å². The minimum Gasteiger partial charge on any atom is -0.337 e. The average molecular weight is 441 g/mol. The van der Waals surface area contributed by atoms with Crippen LogP contribution < -0.4 is 0 Å². The maximum atomic E-state index is 13.6. The Balaban J connectivity index is 1.48. The molecule has 0 saturated carbocycles. The third-order valence-electron chi connectivity index (χ3n) is 7.21. The summed E-state index contributed by atoms with van der Waals surface area (Å²) in [5.41, 5.74) is 4.13. The monoisotopic (exact) mass is 440 g/mol. The van der Waals surface area contributed by atoms with Gasteiger partial charge in [0, 0.05) is 44.3 Å². The lowest BCUT2D eigenvalue weighted by Gasteiger charge is -2.27. The Morgan fingerprint density at radius 2 is 1.79 bits per heavy atom. The molecular weight excluding hydrogens is 408 g/mol. The number of hydrogen-bond donors (Lipinski definition) is 0. The largest absolute Gasteiger partial charge is 0.337 e. The van der Waals surface area contributed by atoms with Crippen LogP contribution in [0.3, 0.4) is 0 Å². The van der Waals surface area contributed by atoms with Crippen LogP contribution in [0.1, 0.15) is 42.0 Å². The summed E-state index contributed by atoms with van der Waals surface area (Å²) in [6, 6.07) is 21.4. The molecule has 1 atom stereocenters. The normalized spacial score (nSPS) is 16.8. The second-order valence-corrected chi connectivity index (χ2v) is 9.50. The molecule has 5 nitrogen and oxygen atoms in total. The van der Waals surface area contributed by atoms with Crippen LogP contribution in [-0.2, 0) is 6.54 Å². The average Bonchev–Trinajstić information content (AvgIpc) is 3.44. The molecule has 1 saturated heterocycles. The van der Waals surface area contributed by atoms with Crippen molar-refractivity contribution in [3.8, 4) is 0 Å². The minimum atomic E-state index is 0.109. The van der Waals surface area contributed by atoms with Gasteiger partial charge >= 0.3 is 0 Å². The van der Waals surface area contributed by atoms with Crippen LogP contribution >= 0.6 is 0 Å². The molecule has 0 aliphatic carbocycles. The lowest BCUT2D eigenvalue weighted by Crippen LogP contribution is -2.40. The van der Waals surface area contributed by atoms with Gasteiger partial charge in [-0.25, -0.2) is 4.98 Å². The molecule has 4 aromatic rings. The predicted octanol–water partition coefficient (Wildman–Crippen LogP) is 5.10. The van der Waals surface area contributed by atoms with Gasteiger partial charge in [-0.2, -0.15) is 0 Å². The predicted molar refractivity (Wildman–Crippen MR) is 135 cm³/mol. The number of nitrogens with zero attached hydrogens (tertiary/aromatic N) is 4. The molecule has 1 fully saturated rings. The standard InChI is InChI=1S/C28H32N4O/c1-19(2)31-16-15-22(18-31)30(4)28(33)25-14-13-21(23-9-5-6-10-24(23)25)17-32-20(3)29-26-11-7-8-12-27(26)32/h5-14,19,22H,15-18H2,1-4H3/t22-/m1/s1. The number of imidazole rings is 1. The van der Waals surface area contributed by atoms with Crippen LogP contribution in [-0.4, -0.2) is 57.5 Å². The maximum Gasteiger partial charge on any atom is 0.254 e. The molecule has 3 aromatic carbocycles. The number of hydrogen-bond acceptors (Lipinski definition) is 3. The van der Waals surface area contributed by atoms with Gasteiger partial charge < -0.3 is 9.47 Å². The Hall–Kier alpha value is -3.18. The summed E-state index contributed by atoms with van der Waals surface area (Å²) in [4.78, 5) is 22.7. The Morgan fingerprint density at radius 1 is 1.06 bits per heavy atom. The molecule has 0 N–H and O–H groups in total. The van der Waals surface area contributed by atoms with Gasteiger partial charge in [-0.05, 0) is 61.7 Å². The number of para-hydroxylation sites is 2. The molecule has 1 amide bonds. The molecule has 0 spiro atoms. The first kappa shape index (κ1) is 21.7. The van der Waals surface area contributed by atoms with Crippen molar-refractivity contribution in [2.75, 3.05) is 20.1 Å². The maximum absolute atomic E-state index is 13.6. The van der Waals surface area contributed by atoms with Crippen LogP contribution in [0.5, 0.6) is 0 Å². The van der Waals surface area contributed by atoms with Crippen molar-refractivity contribution in [1.29, 1.82) is 0 Å². The highest BCUT2D eigenvalue weighted by molar-refractivity contribution is 6.08. The van der Waals surface area contributed by atoms with Crippen LogP contribution in [0.2, 0.25) is 0 Å². The number of likely N-dealkylation sites (tertiary alicyclic amines) is 1. The van der Waals surface area contributed by atoms with E-state index < -0.39 is 0 Å². The first-order valence-corrected chi connectivity index (χ1v) is 11.9. The molecular formula is C28H32N4O. The lowest BCUT2D eigenvalue weighted by atomic mass is 9.98. The Bertz CT molecular complexity index is 1320. The number of aryl methyl sites for hydroxylation is 1. The summed E-state index contributed by atoms with van der Waals surface area (Å²) in [6.07, 6.45) is 1.03. The van der Waals surface area contributed by atoms with Crippen molar-refractivity contribution in [3.05, 3.63) is 77.6 Å². The van der Waals surface area contributed by atoms with E-state index in [0.717, 1.165) is 59.2 Å². The number of carbonyl (C=O) groups is 1. The van der Waals surface area contributed by atoms with Gasteiger partial charge in [0.2, 0.25) is 0 Å². The Kier molecular flexibility index (Phi) is 5.67. The highest BCUT2D eigenvalue weighted by atomic mass is 16.2. The molecule has 1 aliphatic rings. The molecule has 5 heteroatoms. The van der Waals surface area contributed by atoms with Gasteiger partial charge in [0.15, 0.2) is 0 Å². The van der Waals surface area contributed by atoms with E-state index in [-0.39, 0.29) is 11.9 Å². The van der Waals surface area contributed by atoms with Gasteiger partial charge in [-0.15, -0.1) is 0 Å². The fourth-order valence-corrected chi connectivity index (χ4v) is 5.16. The molecule has 0 unspecified atom stereocenters. The van der Waals surface area contributed by atoms with Crippen LogP contribution in [0.15, 0.2) is 60.7 Å². The first-order valence-electron chi connectivity index (χ1n) is 11.9. The number of rotatable bonds is 5. The number of fused-ring (bicyclic) bond motifs is 2. The zero-order valence-corrected chi connectivity index (χ0v) is 20.0. The molecule has 2 heterocycles. The molecule has 33 heavy (non-hydrogen) atoms. The fourth-order valence-electron chi connectivity index (χ4n) is 5.16. The summed E-state index contributed by atoms with van der Waals surface area (Å²) in [5, 5.41) is 2.15. The van der Waals surface area contributed by atoms with Crippen molar-refractivity contribution in [2.24, 2.45) is 0 Å². The fraction of sp³-hybridized carbons (Fsp3) is 0.357. The SMILES string of the molecule is Cc1nc2ccccc2n1Cc1ccc(C(=O)N(C)[C@@H]2CCN(C(C)C)C2)c2ccccc12. The van der Waals surface area contributed by atoms with E-state index in [2.05, 4.69) is 72.7 Å². The second-order valence-electron chi connectivity index (χ2n) is 9.50. The summed E-state index contributed by atoms with van der Waals surface area (Å²) in [5.74, 6) is 1.11. The van der Waals surface area contributed by atoms with Crippen molar-refractivity contribution in [2.45, 2.75) is 45.8 Å². The summed E-state index contributed by atoms with van der Waals surface area (Å²) in [7, 11) is 1.96. The van der Waals surface area contributed by atoms with Crippen molar-refractivity contribution >= 4 is 27.7 Å². The van der Waals surface area contributed by atoms with E-state index in [1.807, 2.05) is 30.1 Å². The summed E-state index contributed by atoms with van der Waals surface area (Å²) in [6.45, 7) is 9.23. The highest BCUT2D eigenvalue weighted by Crippen LogP contribution is 2.28. The molecule has 5 rings (SSSR count). The van der Waals surface area contributed by atoms with E-state index in [4.69, 9.17) is 4.98 Å². The summed E-state index contributed by atoms with van der Waals surface area (Å²) >= 11 is 0. The van der Waals surface area contributed by atoms with E-state index in [1.54, 1.807) is 0 Å². The van der Waals surface area contributed by atoms with E-state index in [9.17, 15) is 4.79 Å². The number of benzene rings is 3. The topological polar surface area (TPSA) is 41.4 Å². The number of carbonyl (C=O) groups excluding carboxylic acids is 1. The van der Waals surface area contributed by atoms with Crippen molar-refractivity contribution in [3.63, 3.8) is 0 Å². The number of amides is 1. The molecule has 170 valence electrons. The van der Waals surface area contributed by atoms with Crippen LogP contribution in [0, 0.1) is 6.92 Å². The second kappa shape index (κ2) is 8.64. The number of likely N-dealkylation sites (N-methyl/N-ethyl adjacent to an activating group) is 1. The highest BCUT2D eigenvalue weighted by Gasteiger charge is 2.30. The van der Waals surface area contributed by atoms with Crippen molar-refractivity contribution in [1.82, 2.24) is 19.4 Å². The molecule has 1 aromatic heterocycles. The third-order valence-corrected chi connectivity index (χ3v) is 7.21. The zero-order chi connectivity index (χ0) is 23.1. The molecule has 0 bridgehead atoms. The van der Waals surface area contributed by atoms with E-state index >= 15 is 0 Å². The molecule has 0 radical (unpaired) electrons. The van der Waals surface area contributed by atoms with Crippen LogP contribution in [0.4, 0.5) is 0 Å². The summed E-state index contributed by atoms with van der Waals surface area (Å²) < 4.78 is 2.25. The van der Waals surface area contributed by atoms with E-state index in [0.29, 0.717) is 6.04 Å². The van der Waals surface area contributed by atoms with Gasteiger partial charge in [-0.3, -0.25) is 9.69 Å². The van der Waals surface area contributed by atoms with E-state index in [1.165, 1.54) is 5.56 Å². The van der Waals surface area contributed by atoms with Gasteiger partial charge in [0.1, 0.15) is 5.82 Å². The smallest absolute Gasteiger partial charge is 0.254 e. The number of aromatic nitrogens is 2. The molecule has 1 aliphatic heterocycles. The van der Waals surface area contributed by atoms with Gasteiger partial charge in [-0.1, -0.05) is 42.5 Å². The van der Waals surface area contributed by atoms with Crippen molar-refractivity contribution < 1.29 is 4.79 Å². The Morgan fingerprint density at radius 3 is 2.55 bits per heavy atom. The van der Waals surface area contributed by atoms with Gasteiger partial charge in [0.05, 0.1) is 11.0 Å².